The van der Waals surface area contributed by atoms with Crippen molar-refractivity contribution in [3.8, 4) is 11.5 Å². The van der Waals surface area contributed by atoms with Gasteiger partial charge in [-0.2, -0.15) is 0 Å². The van der Waals surface area contributed by atoms with E-state index in [4.69, 9.17) is 9.47 Å². The summed E-state index contributed by atoms with van der Waals surface area (Å²) >= 11 is 0. The summed E-state index contributed by atoms with van der Waals surface area (Å²) in [7, 11) is 1.65. The van der Waals surface area contributed by atoms with Crippen molar-refractivity contribution in [3.05, 3.63) is 59.7 Å². The third-order valence-electron chi connectivity index (χ3n) is 7.67. The number of carbonyl (C=O) groups is 4. The molecule has 47 heavy (non-hydrogen) atoms. The molecule has 3 unspecified atom stereocenters. The van der Waals surface area contributed by atoms with Crippen LogP contribution in [0.5, 0.6) is 11.5 Å². The van der Waals surface area contributed by atoms with E-state index in [0.717, 1.165) is 0 Å². The Balaban J connectivity index is 0.0000110. The second-order valence-corrected chi connectivity index (χ2v) is 14.6. The fourth-order valence-electron chi connectivity index (χ4n) is 4.32. The first-order valence-corrected chi connectivity index (χ1v) is 15.8. The zero-order valence-corrected chi connectivity index (χ0v) is 31.4. The number of nitrogens with zero attached hydrogens (tertiary/aromatic N) is 1. The summed E-state index contributed by atoms with van der Waals surface area (Å²) in [4.78, 5) is 53.3. The molecule has 0 aliphatic heterocycles. The lowest BCUT2D eigenvalue weighted by Gasteiger charge is -2.34. The van der Waals surface area contributed by atoms with Gasteiger partial charge in [-0.1, -0.05) is 44.5 Å². The van der Waals surface area contributed by atoms with Crippen LogP contribution in [0.3, 0.4) is 0 Å². The molecule has 2 rings (SSSR count). The van der Waals surface area contributed by atoms with Gasteiger partial charge < -0.3 is 30.1 Å². The Morgan fingerprint density at radius 2 is 1.38 bits per heavy atom. The van der Waals surface area contributed by atoms with Crippen LogP contribution in [0.25, 0.3) is 0 Å². The van der Waals surface area contributed by atoms with Crippen molar-refractivity contribution < 1.29 is 33.8 Å². The molecule has 0 radical (unpaired) electrons. The van der Waals surface area contributed by atoms with Crippen molar-refractivity contribution in [3.63, 3.8) is 0 Å². The van der Waals surface area contributed by atoms with Gasteiger partial charge in [0.25, 0.3) is 5.91 Å². The van der Waals surface area contributed by atoms with E-state index in [0.29, 0.717) is 17.5 Å². The fraction of sp³-hybridized carbons (Fsp3) is 0.556. The molecule has 10 nitrogen and oxygen atoms in total. The van der Waals surface area contributed by atoms with Crippen LogP contribution < -0.4 is 20.1 Å². The van der Waals surface area contributed by atoms with Gasteiger partial charge in [-0.05, 0) is 91.1 Å². The average molecular weight is 721 g/mol. The maximum absolute atomic E-state index is 13.4. The van der Waals surface area contributed by atoms with Gasteiger partial charge in [-0.25, -0.2) is 0 Å². The number of amides is 2. The maximum Gasteiger partial charge on any atom is 0.316 e. The Morgan fingerprint density at radius 1 is 0.851 bits per heavy atom. The van der Waals surface area contributed by atoms with Crippen molar-refractivity contribution in [2.75, 3.05) is 20.1 Å². The van der Waals surface area contributed by atoms with Crippen LogP contribution in [0.2, 0.25) is 0 Å². The second-order valence-electron chi connectivity index (χ2n) is 14.6. The molecule has 2 aromatic rings. The van der Waals surface area contributed by atoms with Gasteiger partial charge in [-0.15, -0.1) is 17.0 Å². The maximum atomic E-state index is 13.4. The first kappa shape index (κ1) is 41.7. The number of hydrogen-bond donors (Lipinski definition) is 3. The van der Waals surface area contributed by atoms with E-state index in [-0.39, 0.29) is 59.3 Å². The highest BCUT2D eigenvalue weighted by Gasteiger charge is 2.33. The number of esters is 2. The minimum Gasteiger partial charge on any atom is -0.422 e. The number of rotatable bonds is 13. The second kappa shape index (κ2) is 17.2. The van der Waals surface area contributed by atoms with E-state index >= 15 is 0 Å². The minimum absolute atomic E-state index is 0. The first-order valence-electron chi connectivity index (χ1n) is 15.8. The highest BCUT2D eigenvalue weighted by Crippen LogP contribution is 2.34. The number of hydrogen-bond acceptors (Lipinski definition) is 8. The number of ether oxygens (including phenoxy) is 2. The third kappa shape index (κ3) is 12.4. The lowest BCUT2D eigenvalue weighted by molar-refractivity contribution is -0.145. The van der Waals surface area contributed by atoms with Gasteiger partial charge in [-0.3, -0.25) is 19.2 Å². The molecule has 0 bridgehead atoms. The monoisotopic (exact) mass is 719 g/mol. The van der Waals surface area contributed by atoms with Crippen molar-refractivity contribution >= 4 is 40.7 Å². The summed E-state index contributed by atoms with van der Waals surface area (Å²) in [6.07, 6.45) is -0.309. The lowest BCUT2D eigenvalue weighted by Crippen LogP contribution is -2.56. The number of carbonyl (C=O) groups excluding carboxylic acids is 4. The van der Waals surface area contributed by atoms with Crippen molar-refractivity contribution in [2.24, 2.45) is 16.7 Å². The van der Waals surface area contributed by atoms with E-state index in [9.17, 15) is 24.3 Å². The number of halogens is 1. The molecule has 2 amide bonds. The topological polar surface area (TPSA) is 134 Å². The Bertz CT molecular complexity index is 1370. The standard InChI is InChI=1S/C36H53N3O7.BrH/c1-12-23(2)29(39(11)31(42)24-16-14-13-15-17-24)30(41)37-22-36(9,10)38-21-26(40)25-18-19-27(45-32(43)34(3,4)5)28(20-25)46-33(44)35(6,7)8;/h13-20,23,26,29,38,40H,12,21-22H2,1-11H3,(H,37,41);1H. The van der Waals surface area contributed by atoms with Gasteiger partial charge in [0.1, 0.15) is 6.04 Å². The molecule has 0 fully saturated rings. The molecule has 0 saturated carbocycles. The van der Waals surface area contributed by atoms with Gasteiger partial charge >= 0.3 is 11.9 Å². The van der Waals surface area contributed by atoms with Crippen LogP contribution in [0.1, 0.15) is 97.7 Å². The van der Waals surface area contributed by atoms with Crippen LogP contribution in [0.15, 0.2) is 48.5 Å². The predicted octanol–water partition coefficient (Wildman–Crippen LogP) is 5.87. The summed E-state index contributed by atoms with van der Waals surface area (Å²) < 4.78 is 11.2. The molecule has 0 aliphatic carbocycles. The number of likely N-dealkylation sites (N-methyl/N-ethyl adjacent to an activating group) is 1. The summed E-state index contributed by atoms with van der Waals surface area (Å²) in [5.41, 5.74) is -1.28. The number of aliphatic hydroxyl groups excluding tert-OH is 1. The van der Waals surface area contributed by atoms with Gasteiger partial charge in [0.15, 0.2) is 11.5 Å². The molecule has 0 spiro atoms. The molecule has 0 heterocycles. The molecule has 3 N–H and O–H groups in total. The molecule has 0 aromatic heterocycles. The zero-order valence-electron chi connectivity index (χ0n) is 29.7. The zero-order chi connectivity index (χ0) is 35.0. The summed E-state index contributed by atoms with van der Waals surface area (Å²) in [6.45, 7) is 18.3. The molecule has 11 heteroatoms. The normalized spacial score (nSPS) is 13.8. The molecule has 262 valence electrons. The van der Waals surface area contributed by atoms with Crippen LogP contribution in [0.4, 0.5) is 0 Å². The number of aliphatic hydroxyl groups is 1. The Hall–Kier alpha value is -3.28. The molecular formula is C36H54BrN3O7. The van der Waals surface area contributed by atoms with E-state index < -0.39 is 40.5 Å². The summed E-state index contributed by atoms with van der Waals surface area (Å²) in [6, 6.07) is 12.8. The smallest absolute Gasteiger partial charge is 0.316 e. The van der Waals surface area contributed by atoms with E-state index in [1.165, 1.54) is 17.0 Å². The van der Waals surface area contributed by atoms with E-state index in [1.54, 1.807) is 78.9 Å². The average Bonchev–Trinajstić information content (AvgIpc) is 2.98. The van der Waals surface area contributed by atoms with Crippen LogP contribution in [-0.4, -0.2) is 65.5 Å². The molecular weight excluding hydrogens is 666 g/mol. The van der Waals surface area contributed by atoms with Crippen LogP contribution in [0, 0.1) is 16.7 Å². The largest absolute Gasteiger partial charge is 0.422 e. The van der Waals surface area contributed by atoms with Crippen molar-refractivity contribution in [1.29, 1.82) is 0 Å². The molecule has 3 atom stereocenters. The first-order chi connectivity index (χ1) is 21.2. The lowest BCUT2D eigenvalue weighted by atomic mass is 9.95. The summed E-state index contributed by atoms with van der Waals surface area (Å²) in [5, 5.41) is 17.3. The quantitative estimate of drug-likeness (QED) is 0.173. The van der Waals surface area contributed by atoms with Gasteiger partial charge in [0.05, 0.1) is 16.9 Å². The van der Waals surface area contributed by atoms with Crippen LogP contribution >= 0.6 is 17.0 Å². The minimum atomic E-state index is -1.02. The molecule has 0 aliphatic rings. The summed E-state index contributed by atoms with van der Waals surface area (Å²) in [5.74, 6) is -1.47. The van der Waals surface area contributed by atoms with Crippen molar-refractivity contribution in [1.82, 2.24) is 15.5 Å². The number of β-amino-alcohol motifs (C(OH)–C–C–N with tert-alkyl or cyclic N) is 1. The van der Waals surface area contributed by atoms with E-state index in [1.807, 2.05) is 33.8 Å². The highest BCUT2D eigenvalue weighted by atomic mass is 79.9. The molecule has 0 saturated heterocycles. The number of nitrogens with one attached hydrogen (secondary N) is 2. The predicted molar refractivity (Wildman–Crippen MR) is 189 cm³/mol. The van der Waals surface area contributed by atoms with Crippen LogP contribution in [-0.2, 0) is 14.4 Å². The van der Waals surface area contributed by atoms with E-state index in [2.05, 4.69) is 10.6 Å². The third-order valence-corrected chi connectivity index (χ3v) is 7.67. The number of benzene rings is 2. The molecule has 2 aromatic carbocycles. The van der Waals surface area contributed by atoms with Gasteiger partial charge in [0, 0.05) is 31.2 Å². The van der Waals surface area contributed by atoms with Gasteiger partial charge in [0.2, 0.25) is 5.91 Å². The Morgan fingerprint density at radius 3 is 1.89 bits per heavy atom. The fourth-order valence-corrected chi connectivity index (χ4v) is 4.32. The van der Waals surface area contributed by atoms with Crippen molar-refractivity contribution in [2.45, 2.75) is 93.3 Å². The Labute approximate surface area is 290 Å². The SMILES string of the molecule is Br.CCC(C)C(C(=O)NCC(C)(C)NCC(O)c1ccc(OC(=O)C(C)(C)C)c(OC(=O)C(C)(C)C)c1)N(C)C(=O)c1ccccc1. The Kier molecular flexibility index (Phi) is 15.3. The highest BCUT2D eigenvalue weighted by molar-refractivity contribution is 8.93.